The van der Waals surface area contributed by atoms with Gasteiger partial charge in [-0.05, 0) is 72.9 Å². The maximum atomic E-state index is 14.5. The molecule has 1 atom stereocenters. The maximum Gasteiger partial charge on any atom is 0.266 e. The number of fused-ring (bicyclic) bond motifs is 1. The molecule has 2 aromatic carbocycles. The smallest absolute Gasteiger partial charge is 0.266 e. The highest BCUT2D eigenvalue weighted by atomic mass is 32.2. The molecule has 33 heavy (non-hydrogen) atoms. The van der Waals surface area contributed by atoms with Crippen molar-refractivity contribution in [2.24, 2.45) is 0 Å². The van der Waals surface area contributed by atoms with Gasteiger partial charge in [0.1, 0.15) is 5.82 Å². The number of hydrogen-bond donors (Lipinski definition) is 2. The average molecular weight is 472 g/mol. The molecule has 176 valence electrons. The molecule has 5 rings (SSSR count). The summed E-state index contributed by atoms with van der Waals surface area (Å²) in [5.74, 6) is -1.33. The first-order chi connectivity index (χ1) is 15.6. The zero-order valence-corrected chi connectivity index (χ0v) is 19.8. The van der Waals surface area contributed by atoms with Crippen LogP contribution in [0.4, 0.5) is 15.8 Å². The highest BCUT2D eigenvalue weighted by molar-refractivity contribution is 7.91. The minimum absolute atomic E-state index is 0.0303. The van der Waals surface area contributed by atoms with E-state index in [1.807, 2.05) is 19.9 Å². The van der Waals surface area contributed by atoms with Crippen molar-refractivity contribution in [2.45, 2.75) is 62.7 Å². The summed E-state index contributed by atoms with van der Waals surface area (Å²) in [5.41, 5.74) is 3.09. The number of carbonyl (C=O) groups is 1. The lowest BCUT2D eigenvalue weighted by molar-refractivity contribution is 0.0981. The van der Waals surface area contributed by atoms with Crippen molar-refractivity contribution in [3.63, 3.8) is 0 Å². The lowest BCUT2D eigenvalue weighted by atomic mass is 9.73. The molecule has 0 radical (unpaired) electrons. The summed E-state index contributed by atoms with van der Waals surface area (Å²) in [6.45, 7) is 6.17. The number of nitrogens with zero attached hydrogens (tertiary/aromatic N) is 1. The fourth-order valence-electron chi connectivity index (χ4n) is 5.08. The molecule has 1 amide bonds. The standard InChI is InChI=1S/C25H30FN3O3S/c1-25(2)15-22(16-6-5-7-18(12-16)29-10-3-4-11-29)27-23-20(13-17(26)14-21(23)25)24(30)28-33(31,32)19-8-9-19/h5-7,12-14,19,22,27H,3-4,8-11,15H2,1-2H3,(H,28,30). The first-order valence-electron chi connectivity index (χ1n) is 11.7. The van der Waals surface area contributed by atoms with Crippen molar-refractivity contribution < 1.29 is 17.6 Å². The van der Waals surface area contributed by atoms with Crippen molar-refractivity contribution >= 4 is 27.3 Å². The fourth-order valence-corrected chi connectivity index (χ4v) is 6.37. The molecule has 8 heteroatoms. The van der Waals surface area contributed by atoms with Crippen molar-refractivity contribution in [3.8, 4) is 0 Å². The Kier molecular flexibility index (Phi) is 5.39. The molecule has 2 fully saturated rings. The molecular weight excluding hydrogens is 441 g/mol. The molecular formula is C25H30FN3O3S. The van der Waals surface area contributed by atoms with Crippen molar-refractivity contribution in [1.82, 2.24) is 4.72 Å². The van der Waals surface area contributed by atoms with E-state index in [9.17, 15) is 17.6 Å². The Morgan fingerprint density at radius 2 is 1.88 bits per heavy atom. The van der Waals surface area contributed by atoms with Gasteiger partial charge >= 0.3 is 0 Å². The van der Waals surface area contributed by atoms with Crippen molar-refractivity contribution in [1.29, 1.82) is 0 Å². The van der Waals surface area contributed by atoms with Crippen LogP contribution in [0.3, 0.4) is 0 Å². The summed E-state index contributed by atoms with van der Waals surface area (Å²) in [7, 11) is -3.74. The van der Waals surface area contributed by atoms with Gasteiger partial charge in [-0.25, -0.2) is 17.5 Å². The molecule has 2 aliphatic heterocycles. The number of sulfonamides is 1. The zero-order chi connectivity index (χ0) is 23.4. The van der Waals surface area contributed by atoms with Crippen LogP contribution in [-0.4, -0.2) is 32.7 Å². The van der Waals surface area contributed by atoms with Crippen LogP contribution in [0, 0.1) is 5.82 Å². The molecule has 0 spiro atoms. The van der Waals surface area contributed by atoms with Crippen molar-refractivity contribution in [2.75, 3.05) is 23.3 Å². The van der Waals surface area contributed by atoms with Crippen LogP contribution in [0.2, 0.25) is 0 Å². The Bertz CT molecular complexity index is 1200. The average Bonchev–Trinajstić information content (AvgIpc) is 3.49. The second-order valence-corrected chi connectivity index (χ2v) is 12.1. The summed E-state index contributed by atoms with van der Waals surface area (Å²) >= 11 is 0. The molecule has 0 bridgehead atoms. The second kappa shape index (κ2) is 8.01. The summed E-state index contributed by atoms with van der Waals surface area (Å²) in [6.07, 6.45) is 4.20. The van der Waals surface area contributed by atoms with E-state index >= 15 is 0 Å². The van der Waals surface area contributed by atoms with E-state index in [4.69, 9.17) is 0 Å². The van der Waals surface area contributed by atoms with E-state index in [1.54, 1.807) is 0 Å². The molecule has 1 saturated carbocycles. The molecule has 2 N–H and O–H groups in total. The minimum Gasteiger partial charge on any atom is -0.377 e. The van der Waals surface area contributed by atoms with Gasteiger partial charge in [0.05, 0.1) is 22.5 Å². The van der Waals surface area contributed by atoms with Gasteiger partial charge in [0.2, 0.25) is 10.0 Å². The van der Waals surface area contributed by atoms with Crippen molar-refractivity contribution in [3.05, 3.63) is 58.9 Å². The van der Waals surface area contributed by atoms with E-state index in [0.29, 0.717) is 30.5 Å². The van der Waals surface area contributed by atoms with Crippen LogP contribution in [0.15, 0.2) is 36.4 Å². The number of halogens is 1. The first-order valence-corrected chi connectivity index (χ1v) is 13.2. The van der Waals surface area contributed by atoms with Gasteiger partial charge in [-0.15, -0.1) is 0 Å². The fraction of sp³-hybridized carbons (Fsp3) is 0.480. The van der Waals surface area contributed by atoms with Gasteiger partial charge in [0.25, 0.3) is 5.91 Å². The molecule has 1 saturated heterocycles. The number of hydrogen-bond acceptors (Lipinski definition) is 5. The molecule has 2 aromatic rings. The second-order valence-electron chi connectivity index (χ2n) is 10.1. The summed E-state index contributed by atoms with van der Waals surface area (Å²) in [6, 6.07) is 10.9. The largest absolute Gasteiger partial charge is 0.377 e. The number of anilines is 2. The van der Waals surface area contributed by atoms with Gasteiger partial charge in [-0.1, -0.05) is 26.0 Å². The van der Waals surface area contributed by atoms with E-state index in [2.05, 4.69) is 33.1 Å². The molecule has 2 heterocycles. The van der Waals surface area contributed by atoms with Crippen LogP contribution >= 0.6 is 0 Å². The SMILES string of the molecule is CC1(C)CC(c2cccc(N3CCCC3)c2)Nc2c(C(=O)NS(=O)(=O)C3CC3)cc(F)cc21. The molecule has 1 aliphatic carbocycles. The van der Waals surface area contributed by atoms with E-state index in [0.717, 1.165) is 24.7 Å². The Balaban J connectivity index is 1.50. The van der Waals surface area contributed by atoms with Crippen LogP contribution < -0.4 is 14.9 Å². The maximum absolute atomic E-state index is 14.5. The Hall–Kier alpha value is -2.61. The predicted octanol–water partition coefficient (Wildman–Crippen LogP) is 4.48. The number of rotatable bonds is 5. The highest BCUT2D eigenvalue weighted by Gasteiger charge is 2.40. The van der Waals surface area contributed by atoms with Gasteiger partial charge in [-0.3, -0.25) is 4.79 Å². The van der Waals surface area contributed by atoms with E-state index < -0.39 is 32.4 Å². The normalized spacial score (nSPS) is 21.9. The predicted molar refractivity (Wildman–Crippen MR) is 128 cm³/mol. The van der Waals surface area contributed by atoms with Gasteiger partial charge in [0.15, 0.2) is 0 Å². The molecule has 6 nitrogen and oxygen atoms in total. The Labute approximate surface area is 194 Å². The lowest BCUT2D eigenvalue weighted by Gasteiger charge is -2.40. The quantitative estimate of drug-likeness (QED) is 0.672. The van der Waals surface area contributed by atoms with Crippen LogP contribution in [0.1, 0.15) is 73.5 Å². The zero-order valence-electron chi connectivity index (χ0n) is 19.0. The minimum atomic E-state index is -3.74. The summed E-state index contributed by atoms with van der Waals surface area (Å²) < 4.78 is 41.4. The van der Waals surface area contributed by atoms with Crippen LogP contribution in [0.5, 0.6) is 0 Å². The third-order valence-electron chi connectivity index (χ3n) is 7.05. The molecule has 3 aliphatic rings. The van der Waals surface area contributed by atoms with Gasteiger partial charge in [0, 0.05) is 18.8 Å². The third kappa shape index (κ3) is 4.33. The monoisotopic (exact) mass is 471 g/mol. The molecule has 0 aromatic heterocycles. The Morgan fingerprint density at radius 3 is 2.58 bits per heavy atom. The van der Waals surface area contributed by atoms with Crippen LogP contribution in [0.25, 0.3) is 0 Å². The first kappa shape index (κ1) is 22.2. The number of amides is 1. The summed E-state index contributed by atoms with van der Waals surface area (Å²) in [4.78, 5) is 15.4. The van der Waals surface area contributed by atoms with Crippen LogP contribution in [-0.2, 0) is 15.4 Å². The van der Waals surface area contributed by atoms with Gasteiger partial charge < -0.3 is 10.2 Å². The van der Waals surface area contributed by atoms with Gasteiger partial charge in [-0.2, -0.15) is 0 Å². The molecule has 1 unspecified atom stereocenters. The Morgan fingerprint density at radius 1 is 1.15 bits per heavy atom. The van der Waals surface area contributed by atoms with E-state index in [-0.39, 0.29) is 11.6 Å². The lowest BCUT2D eigenvalue weighted by Crippen LogP contribution is -2.36. The highest BCUT2D eigenvalue weighted by Crippen LogP contribution is 2.46. The number of carbonyl (C=O) groups excluding carboxylic acids is 1. The summed E-state index contributed by atoms with van der Waals surface area (Å²) in [5, 5.41) is 2.92. The number of benzene rings is 2. The number of nitrogens with one attached hydrogen (secondary N) is 2. The van der Waals surface area contributed by atoms with E-state index in [1.165, 1.54) is 24.6 Å². The topological polar surface area (TPSA) is 78.5 Å². The third-order valence-corrected chi connectivity index (χ3v) is 8.87.